The second kappa shape index (κ2) is 17.1. The van der Waals surface area contributed by atoms with Crippen LogP contribution in [-0.4, -0.2) is 93.2 Å². The first-order chi connectivity index (χ1) is 32.3. The molecular formula is C48H56N16O4. The number of nitrogens with two attached hydrogens (primary N) is 2. The van der Waals surface area contributed by atoms with Gasteiger partial charge in [0.1, 0.15) is 70.5 Å². The molecule has 2 aliphatic rings. The standard InChI is InChI=1S/2C24H28N8O2/c2*1-14(2)32-22(27-15(3)29-32)19-13-30-8-9-34-20-10-16(6-7-18(20)21(30)28-19)17-11-26-31(12-17)24(4,5)23(25)33/h2*6-7,10-14H,8-9H2,1-5H3,(H2,25,33). The Kier molecular flexibility index (Phi) is 11.4. The zero-order valence-electron chi connectivity index (χ0n) is 40.0. The monoisotopic (exact) mass is 920 g/mol. The highest BCUT2D eigenvalue weighted by atomic mass is 16.5. The molecule has 0 spiro atoms. The van der Waals surface area contributed by atoms with Crippen molar-refractivity contribution in [2.24, 2.45) is 11.5 Å². The third-order valence-corrected chi connectivity index (χ3v) is 12.3. The molecule has 0 unspecified atom stereocenters. The molecule has 20 heteroatoms. The van der Waals surface area contributed by atoms with Crippen LogP contribution in [0.25, 0.3) is 68.1 Å². The number of nitrogens with zero attached hydrogens (tertiary/aromatic N) is 14. The first kappa shape index (κ1) is 45.3. The second-order valence-electron chi connectivity index (χ2n) is 18.6. The van der Waals surface area contributed by atoms with Gasteiger partial charge in [-0.05, 0) is 105 Å². The van der Waals surface area contributed by atoms with E-state index in [-0.39, 0.29) is 12.1 Å². The number of rotatable bonds is 10. The first-order valence-corrected chi connectivity index (χ1v) is 22.6. The van der Waals surface area contributed by atoms with Gasteiger partial charge < -0.3 is 30.1 Å². The maximum Gasteiger partial charge on any atom is 0.244 e. The van der Waals surface area contributed by atoms with Gasteiger partial charge in [-0.1, -0.05) is 12.1 Å². The fourth-order valence-corrected chi connectivity index (χ4v) is 8.05. The fraction of sp³-hybridized carbons (Fsp3) is 0.375. The zero-order chi connectivity index (χ0) is 48.4. The first-order valence-electron chi connectivity index (χ1n) is 22.6. The molecule has 2 amide bonds. The zero-order valence-corrected chi connectivity index (χ0v) is 40.0. The molecule has 6 aromatic heterocycles. The summed E-state index contributed by atoms with van der Waals surface area (Å²) in [6, 6.07) is 12.4. The van der Waals surface area contributed by atoms with Crippen LogP contribution in [0.2, 0.25) is 0 Å². The van der Waals surface area contributed by atoms with Crippen molar-refractivity contribution in [2.75, 3.05) is 13.2 Å². The summed E-state index contributed by atoms with van der Waals surface area (Å²) in [6.07, 6.45) is 11.1. The number of ether oxygens (including phenoxy) is 2. The van der Waals surface area contributed by atoms with Gasteiger partial charge in [0.25, 0.3) is 0 Å². The molecule has 4 N–H and O–H groups in total. The Labute approximate surface area is 392 Å². The van der Waals surface area contributed by atoms with E-state index in [1.165, 1.54) is 0 Å². The molecule has 8 heterocycles. The number of benzene rings is 2. The molecule has 2 aliphatic heterocycles. The van der Waals surface area contributed by atoms with Crippen LogP contribution in [0.3, 0.4) is 0 Å². The van der Waals surface area contributed by atoms with Crippen LogP contribution < -0.4 is 20.9 Å². The highest BCUT2D eigenvalue weighted by Crippen LogP contribution is 2.39. The molecule has 0 saturated heterocycles. The lowest BCUT2D eigenvalue weighted by molar-refractivity contribution is -0.126. The van der Waals surface area contributed by atoms with Crippen LogP contribution in [0, 0.1) is 13.8 Å². The van der Waals surface area contributed by atoms with Crippen molar-refractivity contribution in [2.45, 2.75) is 105 Å². The third kappa shape index (κ3) is 8.19. The molecular weight excluding hydrogens is 865 g/mol. The minimum Gasteiger partial charge on any atom is -0.491 e. The smallest absolute Gasteiger partial charge is 0.244 e. The molecule has 0 fully saturated rings. The number of aromatic nitrogens is 14. The molecule has 8 aromatic rings. The average molecular weight is 921 g/mol. The van der Waals surface area contributed by atoms with Gasteiger partial charge in [-0.3, -0.25) is 19.0 Å². The van der Waals surface area contributed by atoms with Gasteiger partial charge in [0.05, 0.1) is 36.6 Å². The molecule has 0 saturated carbocycles. The Hall–Kier alpha value is -7.90. The van der Waals surface area contributed by atoms with Gasteiger partial charge in [0.2, 0.25) is 11.8 Å². The molecule has 0 aliphatic carbocycles. The predicted molar refractivity (Wildman–Crippen MR) is 254 cm³/mol. The Morgan fingerprint density at radius 1 is 0.574 bits per heavy atom. The quantitative estimate of drug-likeness (QED) is 0.153. The Bertz CT molecular complexity index is 3000. The molecule has 2 aromatic carbocycles. The highest BCUT2D eigenvalue weighted by Gasteiger charge is 2.30. The van der Waals surface area contributed by atoms with E-state index in [2.05, 4.69) is 67.2 Å². The van der Waals surface area contributed by atoms with Crippen molar-refractivity contribution in [1.82, 2.24) is 68.2 Å². The van der Waals surface area contributed by atoms with E-state index in [1.54, 1.807) is 49.5 Å². The fourth-order valence-electron chi connectivity index (χ4n) is 8.05. The molecule has 0 bridgehead atoms. The number of aryl methyl sites for hydroxylation is 2. The Balaban J connectivity index is 0.000000170. The van der Waals surface area contributed by atoms with Gasteiger partial charge in [0.15, 0.2) is 11.6 Å². The average Bonchev–Trinajstić information content (AvgIpc) is 4.16. The predicted octanol–water partition coefficient (Wildman–Crippen LogP) is 6.35. The lowest BCUT2D eigenvalue weighted by atomic mass is 10.0. The molecule has 68 heavy (non-hydrogen) atoms. The van der Waals surface area contributed by atoms with Crippen LogP contribution in [0.15, 0.2) is 73.6 Å². The molecule has 0 atom stereocenters. The van der Waals surface area contributed by atoms with Crippen LogP contribution in [0.4, 0.5) is 0 Å². The minimum absolute atomic E-state index is 0.177. The maximum atomic E-state index is 11.8. The third-order valence-electron chi connectivity index (χ3n) is 12.3. The van der Waals surface area contributed by atoms with Crippen molar-refractivity contribution in [3.63, 3.8) is 0 Å². The summed E-state index contributed by atoms with van der Waals surface area (Å²) in [6.45, 7) is 21.4. The van der Waals surface area contributed by atoms with Crippen molar-refractivity contribution >= 4 is 11.8 Å². The van der Waals surface area contributed by atoms with E-state index in [1.807, 2.05) is 84.4 Å². The van der Waals surface area contributed by atoms with E-state index in [4.69, 9.17) is 30.9 Å². The lowest BCUT2D eigenvalue weighted by Crippen LogP contribution is -2.41. The summed E-state index contributed by atoms with van der Waals surface area (Å²) in [5.41, 5.74) is 16.2. The number of hydrogen-bond donors (Lipinski definition) is 2. The van der Waals surface area contributed by atoms with Crippen molar-refractivity contribution in [3.8, 4) is 79.6 Å². The number of fused-ring (bicyclic) bond motifs is 6. The summed E-state index contributed by atoms with van der Waals surface area (Å²) in [4.78, 5) is 42.7. The number of primary amides is 2. The van der Waals surface area contributed by atoms with Crippen LogP contribution in [-0.2, 0) is 33.8 Å². The molecule has 10 rings (SSSR count). The van der Waals surface area contributed by atoms with E-state index < -0.39 is 22.9 Å². The van der Waals surface area contributed by atoms with E-state index >= 15 is 0 Å². The topological polar surface area (TPSA) is 237 Å². The molecule has 20 nitrogen and oxygen atoms in total. The second-order valence-corrected chi connectivity index (χ2v) is 18.6. The highest BCUT2D eigenvalue weighted by molar-refractivity contribution is 5.83. The van der Waals surface area contributed by atoms with E-state index in [0.717, 1.165) is 91.2 Å². The Morgan fingerprint density at radius 2 is 0.971 bits per heavy atom. The number of hydrogen-bond acceptors (Lipinski definition) is 12. The summed E-state index contributed by atoms with van der Waals surface area (Å²) in [7, 11) is 0. The van der Waals surface area contributed by atoms with Gasteiger partial charge in [0, 0.05) is 48.0 Å². The number of carbonyl (C=O) groups is 2. The summed E-state index contributed by atoms with van der Waals surface area (Å²) in [5.74, 6) is 5.23. The van der Waals surface area contributed by atoms with Crippen molar-refractivity contribution < 1.29 is 19.1 Å². The number of carbonyl (C=O) groups excluding carboxylic acids is 2. The van der Waals surface area contributed by atoms with Crippen molar-refractivity contribution in [1.29, 1.82) is 0 Å². The van der Waals surface area contributed by atoms with E-state index in [0.29, 0.717) is 26.3 Å². The Morgan fingerprint density at radius 3 is 1.34 bits per heavy atom. The van der Waals surface area contributed by atoms with Gasteiger partial charge in [-0.15, -0.1) is 0 Å². The van der Waals surface area contributed by atoms with Gasteiger partial charge in [-0.2, -0.15) is 20.4 Å². The maximum absolute atomic E-state index is 11.8. The van der Waals surface area contributed by atoms with Crippen molar-refractivity contribution in [3.05, 3.63) is 85.2 Å². The summed E-state index contributed by atoms with van der Waals surface area (Å²) < 4.78 is 23.3. The van der Waals surface area contributed by atoms with Gasteiger partial charge >= 0.3 is 0 Å². The largest absolute Gasteiger partial charge is 0.491 e. The summed E-state index contributed by atoms with van der Waals surface area (Å²) in [5, 5.41) is 17.8. The van der Waals surface area contributed by atoms with Gasteiger partial charge in [-0.25, -0.2) is 29.3 Å². The SMILES string of the molecule is Cc1nc(-c2cn3c(n2)-c2ccc(-c4cnn(C(C)(C)C(N)=O)c4)cc2OCC3)n(C(C)C)n1.Cc1nc(-c2cn3c(n2)-c2ccc(-c4cnn(C(C)(C)C(N)=O)c4)cc2OCC3)n(C(C)C)n1. The number of amides is 2. The van der Waals surface area contributed by atoms with E-state index in [9.17, 15) is 9.59 Å². The lowest BCUT2D eigenvalue weighted by Gasteiger charge is -2.20. The minimum atomic E-state index is -0.920. The summed E-state index contributed by atoms with van der Waals surface area (Å²) >= 11 is 0. The van der Waals surface area contributed by atoms with Crippen LogP contribution >= 0.6 is 0 Å². The molecule has 0 radical (unpaired) electrons. The number of imidazole rings is 2. The normalized spacial score (nSPS) is 13.4. The van der Waals surface area contributed by atoms with Crippen LogP contribution in [0.5, 0.6) is 11.5 Å². The molecule has 352 valence electrons. The van der Waals surface area contributed by atoms with Crippen LogP contribution in [0.1, 0.15) is 79.1 Å².